The van der Waals surface area contributed by atoms with Gasteiger partial charge in [-0.15, -0.1) is 0 Å². The number of hydrogen-bond donors (Lipinski definition) is 0. The maximum atomic E-state index is 14.1. The van der Waals surface area contributed by atoms with E-state index in [0.717, 1.165) is 0 Å². The first-order chi connectivity index (χ1) is 8.95. The third-order valence-electron chi connectivity index (χ3n) is 3.85. The minimum absolute atomic E-state index is 0.0589. The van der Waals surface area contributed by atoms with Crippen LogP contribution >= 0.6 is 0 Å². The number of benzene rings is 1. The average molecular weight is 264 g/mol. The zero-order valence-electron chi connectivity index (χ0n) is 11.1. The first kappa shape index (κ1) is 14.0. The molecule has 0 amide bonds. The van der Waals surface area contributed by atoms with Gasteiger partial charge in [0.25, 0.3) is 5.92 Å². The lowest BCUT2D eigenvalue weighted by Crippen LogP contribution is -2.43. The first-order valence-electron chi connectivity index (χ1n) is 6.52. The molecule has 102 valence electrons. The van der Waals surface area contributed by atoms with Gasteiger partial charge in [-0.3, -0.25) is 4.90 Å². The van der Waals surface area contributed by atoms with E-state index in [-0.39, 0.29) is 17.5 Å². The highest BCUT2D eigenvalue weighted by atomic mass is 19.3. The lowest BCUT2D eigenvalue weighted by molar-refractivity contribution is -0.0467. The van der Waals surface area contributed by atoms with E-state index in [9.17, 15) is 8.78 Å². The molecule has 1 aliphatic heterocycles. The zero-order valence-corrected chi connectivity index (χ0v) is 11.1. The van der Waals surface area contributed by atoms with Gasteiger partial charge in [-0.1, -0.05) is 30.3 Å². The summed E-state index contributed by atoms with van der Waals surface area (Å²) < 4.78 is 28.2. The minimum atomic E-state index is -2.83. The highest BCUT2D eigenvalue weighted by Crippen LogP contribution is 2.34. The number of hydrogen-bond acceptors (Lipinski definition) is 2. The van der Waals surface area contributed by atoms with E-state index in [1.165, 1.54) is 12.1 Å². The van der Waals surface area contributed by atoms with E-state index in [0.29, 0.717) is 25.9 Å². The normalized spacial score (nSPS) is 19.9. The Morgan fingerprint density at radius 1 is 1.26 bits per heavy atom. The molecule has 2 nitrogen and oxygen atoms in total. The summed E-state index contributed by atoms with van der Waals surface area (Å²) in [5.74, 6) is -2.83. The number of alkyl halides is 2. The van der Waals surface area contributed by atoms with Crippen LogP contribution in [-0.2, 0) is 5.92 Å². The maximum absolute atomic E-state index is 14.1. The van der Waals surface area contributed by atoms with Crippen LogP contribution in [-0.4, -0.2) is 24.5 Å². The van der Waals surface area contributed by atoms with Gasteiger partial charge in [0.05, 0.1) is 18.0 Å². The lowest BCUT2D eigenvalue weighted by atomic mass is 9.82. The average Bonchev–Trinajstić information content (AvgIpc) is 2.42. The molecule has 1 aliphatic rings. The molecule has 0 unspecified atom stereocenters. The Labute approximate surface area is 112 Å². The molecule has 0 atom stereocenters. The highest BCUT2D eigenvalue weighted by molar-refractivity contribution is 5.20. The lowest BCUT2D eigenvalue weighted by Gasteiger charge is -2.36. The molecule has 0 bridgehead atoms. The summed E-state index contributed by atoms with van der Waals surface area (Å²) in [6.07, 6.45) is 1.32. The Morgan fingerprint density at radius 2 is 1.84 bits per heavy atom. The van der Waals surface area contributed by atoms with E-state index in [4.69, 9.17) is 5.26 Å². The second-order valence-electron chi connectivity index (χ2n) is 5.52. The number of piperidine rings is 1. The van der Waals surface area contributed by atoms with Gasteiger partial charge in [0.1, 0.15) is 0 Å². The van der Waals surface area contributed by atoms with Crippen LogP contribution in [0, 0.1) is 16.7 Å². The van der Waals surface area contributed by atoms with E-state index >= 15 is 0 Å². The van der Waals surface area contributed by atoms with Crippen molar-refractivity contribution in [2.24, 2.45) is 5.41 Å². The summed E-state index contributed by atoms with van der Waals surface area (Å²) in [5.41, 5.74) is -0.290. The Morgan fingerprint density at radius 3 is 2.37 bits per heavy atom. The maximum Gasteiger partial charge on any atom is 0.285 e. The predicted octanol–water partition coefficient (Wildman–Crippen LogP) is 3.40. The van der Waals surface area contributed by atoms with Crippen LogP contribution in [0.1, 0.15) is 25.3 Å². The fourth-order valence-corrected chi connectivity index (χ4v) is 2.37. The zero-order chi connectivity index (χ0) is 13.9. The predicted molar refractivity (Wildman–Crippen MR) is 69.7 cm³/mol. The van der Waals surface area contributed by atoms with Crippen LogP contribution in [0.25, 0.3) is 0 Å². The molecule has 1 heterocycles. The molecule has 1 fully saturated rings. The summed E-state index contributed by atoms with van der Waals surface area (Å²) >= 11 is 0. The smallest absolute Gasteiger partial charge is 0.285 e. The van der Waals surface area contributed by atoms with Crippen molar-refractivity contribution in [1.29, 1.82) is 5.26 Å². The van der Waals surface area contributed by atoms with E-state index in [1.54, 1.807) is 23.1 Å². The number of rotatable bonds is 3. The van der Waals surface area contributed by atoms with Crippen LogP contribution < -0.4 is 0 Å². The molecule has 0 saturated carbocycles. The number of nitriles is 1. The summed E-state index contributed by atoms with van der Waals surface area (Å²) in [6.45, 7) is 2.76. The van der Waals surface area contributed by atoms with Crippen molar-refractivity contribution in [3.63, 3.8) is 0 Å². The fourth-order valence-electron chi connectivity index (χ4n) is 2.37. The molecule has 1 aromatic rings. The SMILES string of the molecule is CC1(C#N)CCN(CC(F)(F)c2ccccc2)CC1. The van der Waals surface area contributed by atoms with Crippen molar-refractivity contribution in [2.75, 3.05) is 19.6 Å². The summed E-state index contributed by atoms with van der Waals surface area (Å²) in [6, 6.07) is 10.2. The Balaban J connectivity index is 1.98. The summed E-state index contributed by atoms with van der Waals surface area (Å²) in [5, 5.41) is 9.03. The fraction of sp³-hybridized carbons (Fsp3) is 0.533. The molecule has 0 radical (unpaired) electrons. The number of likely N-dealkylation sites (tertiary alicyclic amines) is 1. The van der Waals surface area contributed by atoms with E-state index in [2.05, 4.69) is 6.07 Å². The van der Waals surface area contributed by atoms with Gasteiger partial charge in [0.15, 0.2) is 0 Å². The van der Waals surface area contributed by atoms with Crippen LogP contribution in [0.15, 0.2) is 30.3 Å². The van der Waals surface area contributed by atoms with Gasteiger partial charge in [0.2, 0.25) is 0 Å². The van der Waals surface area contributed by atoms with Gasteiger partial charge in [-0.2, -0.15) is 14.0 Å². The van der Waals surface area contributed by atoms with Gasteiger partial charge in [-0.05, 0) is 32.9 Å². The first-order valence-corrected chi connectivity index (χ1v) is 6.52. The van der Waals surface area contributed by atoms with Gasteiger partial charge >= 0.3 is 0 Å². The molecule has 4 heteroatoms. The molecule has 2 rings (SSSR count). The second-order valence-corrected chi connectivity index (χ2v) is 5.52. The molecule has 0 aliphatic carbocycles. The standard InChI is InChI=1S/C15H18F2N2/c1-14(11-18)7-9-19(10-8-14)12-15(16,17)13-5-3-2-4-6-13/h2-6H,7-10,12H2,1H3. The second kappa shape index (κ2) is 5.26. The van der Waals surface area contributed by atoms with E-state index in [1.807, 2.05) is 6.92 Å². The van der Waals surface area contributed by atoms with Crippen molar-refractivity contribution in [3.8, 4) is 6.07 Å². The third kappa shape index (κ3) is 3.30. The highest BCUT2D eigenvalue weighted by Gasteiger charge is 2.37. The number of halogens is 2. The van der Waals surface area contributed by atoms with Gasteiger partial charge in [0, 0.05) is 5.56 Å². The molecular weight excluding hydrogens is 246 g/mol. The van der Waals surface area contributed by atoms with Crippen LogP contribution in [0.2, 0.25) is 0 Å². The van der Waals surface area contributed by atoms with Crippen molar-refractivity contribution in [3.05, 3.63) is 35.9 Å². The van der Waals surface area contributed by atoms with Crippen LogP contribution in [0.3, 0.4) is 0 Å². The third-order valence-corrected chi connectivity index (χ3v) is 3.85. The summed E-state index contributed by atoms with van der Waals surface area (Å²) in [4.78, 5) is 1.76. The van der Waals surface area contributed by atoms with Gasteiger partial charge in [-0.25, -0.2) is 0 Å². The van der Waals surface area contributed by atoms with Crippen molar-refractivity contribution >= 4 is 0 Å². The van der Waals surface area contributed by atoms with Crippen molar-refractivity contribution < 1.29 is 8.78 Å². The molecule has 0 spiro atoms. The largest absolute Gasteiger partial charge is 0.297 e. The number of nitrogens with zero attached hydrogens (tertiary/aromatic N) is 2. The Hall–Kier alpha value is -1.47. The Kier molecular flexibility index (Phi) is 3.86. The quantitative estimate of drug-likeness (QED) is 0.836. The molecule has 1 aromatic carbocycles. The monoisotopic (exact) mass is 264 g/mol. The van der Waals surface area contributed by atoms with Crippen molar-refractivity contribution in [2.45, 2.75) is 25.7 Å². The van der Waals surface area contributed by atoms with E-state index < -0.39 is 5.92 Å². The summed E-state index contributed by atoms with van der Waals surface area (Å²) in [7, 11) is 0. The molecule has 19 heavy (non-hydrogen) atoms. The van der Waals surface area contributed by atoms with Gasteiger partial charge < -0.3 is 0 Å². The van der Waals surface area contributed by atoms with Crippen LogP contribution in [0.5, 0.6) is 0 Å². The molecular formula is C15H18F2N2. The Bertz CT molecular complexity index is 457. The minimum Gasteiger partial charge on any atom is -0.297 e. The molecule has 1 saturated heterocycles. The molecule has 0 aromatic heterocycles. The topological polar surface area (TPSA) is 27.0 Å². The molecule has 0 N–H and O–H groups in total. The van der Waals surface area contributed by atoms with Crippen molar-refractivity contribution in [1.82, 2.24) is 4.90 Å². The van der Waals surface area contributed by atoms with Crippen LogP contribution in [0.4, 0.5) is 8.78 Å².